The zero-order valence-electron chi connectivity index (χ0n) is 9.63. The lowest BCUT2D eigenvalue weighted by Gasteiger charge is -2.21. The fourth-order valence-corrected chi connectivity index (χ4v) is 2.66. The maximum atomic E-state index is 11.7. The molecular formula is C8H17N3O3S2. The molecule has 1 amide bonds. The van der Waals surface area contributed by atoms with Crippen molar-refractivity contribution in [2.75, 3.05) is 32.9 Å². The molecule has 0 bridgehead atoms. The number of nitrogens with two attached hydrogens (primary N) is 1. The number of hydrogen-bond donors (Lipinski definition) is 1. The first-order valence-corrected chi connectivity index (χ1v) is 6.68. The van der Waals surface area contributed by atoms with Crippen molar-refractivity contribution >= 4 is 33.1 Å². The molecule has 0 fully saturated rings. The zero-order chi connectivity index (χ0) is 12.9. The van der Waals surface area contributed by atoms with Crippen molar-refractivity contribution < 1.29 is 13.2 Å². The third-order valence-corrected chi connectivity index (χ3v) is 4.06. The Balaban J connectivity index is 4.74. The van der Waals surface area contributed by atoms with E-state index in [0.29, 0.717) is 0 Å². The standard InChI is InChI=1S/C8H17N3O3S2/c1-4-11(5-8(12)10(2)3)16(13,14)6-7(9)15/h4-6H2,1-3H3,(H2,9,15). The Kier molecular flexibility index (Phi) is 5.84. The third-order valence-electron chi connectivity index (χ3n) is 1.88. The van der Waals surface area contributed by atoms with Crippen LogP contribution in [-0.2, 0) is 14.8 Å². The minimum Gasteiger partial charge on any atom is -0.392 e. The van der Waals surface area contributed by atoms with E-state index in [-0.39, 0.29) is 24.0 Å². The fraction of sp³-hybridized carbons (Fsp3) is 0.750. The lowest BCUT2D eigenvalue weighted by atomic mass is 10.5. The maximum absolute atomic E-state index is 11.7. The summed E-state index contributed by atoms with van der Waals surface area (Å²) in [5, 5.41) is 0. The molecule has 0 unspecified atom stereocenters. The van der Waals surface area contributed by atoms with Crippen LogP contribution in [0.3, 0.4) is 0 Å². The Labute approximate surface area is 101 Å². The third kappa shape index (κ3) is 4.86. The number of sulfonamides is 1. The highest BCUT2D eigenvalue weighted by molar-refractivity contribution is 7.92. The second-order valence-corrected chi connectivity index (χ2v) is 5.93. The predicted molar refractivity (Wildman–Crippen MR) is 66.5 cm³/mol. The molecule has 0 spiro atoms. The lowest BCUT2D eigenvalue weighted by Crippen LogP contribution is -2.42. The summed E-state index contributed by atoms with van der Waals surface area (Å²) in [6, 6.07) is 0. The number of carbonyl (C=O) groups excluding carboxylic acids is 1. The predicted octanol–water partition coefficient (Wildman–Crippen LogP) is -0.988. The van der Waals surface area contributed by atoms with Crippen molar-refractivity contribution in [3.05, 3.63) is 0 Å². The minimum absolute atomic E-state index is 0.101. The van der Waals surface area contributed by atoms with Gasteiger partial charge in [0.2, 0.25) is 15.9 Å². The Hall–Kier alpha value is -0.730. The van der Waals surface area contributed by atoms with Gasteiger partial charge in [0.15, 0.2) is 0 Å². The van der Waals surface area contributed by atoms with E-state index in [0.717, 1.165) is 4.31 Å². The fourth-order valence-electron chi connectivity index (χ4n) is 0.970. The minimum atomic E-state index is -3.58. The van der Waals surface area contributed by atoms with Crippen LogP contribution in [0.2, 0.25) is 0 Å². The van der Waals surface area contributed by atoms with Gasteiger partial charge in [-0.2, -0.15) is 4.31 Å². The molecule has 0 aliphatic rings. The summed E-state index contributed by atoms with van der Waals surface area (Å²) < 4.78 is 24.5. The summed E-state index contributed by atoms with van der Waals surface area (Å²) in [5.41, 5.74) is 5.19. The molecule has 0 aromatic rings. The molecule has 0 aromatic carbocycles. The molecule has 0 saturated heterocycles. The SMILES string of the molecule is CCN(CC(=O)N(C)C)S(=O)(=O)CC(N)=S. The number of carbonyl (C=O) groups is 1. The van der Waals surface area contributed by atoms with Gasteiger partial charge in [-0.15, -0.1) is 0 Å². The number of thiocarbonyl (C=S) groups is 1. The topological polar surface area (TPSA) is 83.7 Å². The molecule has 6 nitrogen and oxygen atoms in total. The van der Waals surface area contributed by atoms with Gasteiger partial charge < -0.3 is 10.6 Å². The normalized spacial score (nSPS) is 11.5. The Morgan fingerprint density at radius 1 is 1.38 bits per heavy atom. The van der Waals surface area contributed by atoms with Crippen LogP contribution in [0.15, 0.2) is 0 Å². The Morgan fingerprint density at radius 2 is 1.88 bits per heavy atom. The average molecular weight is 267 g/mol. The molecule has 8 heteroatoms. The van der Waals surface area contributed by atoms with Crippen molar-refractivity contribution in [1.29, 1.82) is 0 Å². The second-order valence-electron chi connectivity index (χ2n) is 3.44. The smallest absolute Gasteiger partial charge is 0.237 e. The number of likely N-dealkylation sites (N-methyl/N-ethyl adjacent to an activating group) is 2. The van der Waals surface area contributed by atoms with Crippen LogP contribution in [0.5, 0.6) is 0 Å². The molecule has 94 valence electrons. The van der Waals surface area contributed by atoms with Gasteiger partial charge in [-0.25, -0.2) is 8.42 Å². The Bertz CT molecular complexity index is 365. The molecule has 0 rings (SSSR count). The van der Waals surface area contributed by atoms with Gasteiger partial charge in [-0.3, -0.25) is 4.79 Å². The van der Waals surface area contributed by atoms with Crippen LogP contribution in [-0.4, -0.2) is 61.5 Å². The summed E-state index contributed by atoms with van der Waals surface area (Å²) in [7, 11) is -0.449. The number of rotatable bonds is 6. The number of amides is 1. The van der Waals surface area contributed by atoms with E-state index in [4.69, 9.17) is 5.73 Å². The first-order chi connectivity index (χ1) is 7.20. The monoisotopic (exact) mass is 267 g/mol. The highest BCUT2D eigenvalue weighted by Crippen LogP contribution is 2.02. The summed E-state index contributed by atoms with van der Waals surface area (Å²) >= 11 is 4.55. The highest BCUT2D eigenvalue weighted by Gasteiger charge is 2.24. The summed E-state index contributed by atoms with van der Waals surface area (Å²) in [6.45, 7) is 1.68. The van der Waals surface area contributed by atoms with E-state index >= 15 is 0 Å². The van der Waals surface area contributed by atoms with Crippen molar-refractivity contribution in [3.63, 3.8) is 0 Å². The molecule has 0 aliphatic heterocycles. The van der Waals surface area contributed by atoms with Crippen LogP contribution < -0.4 is 5.73 Å². The van der Waals surface area contributed by atoms with Gasteiger partial charge in [0.05, 0.1) is 11.5 Å². The molecule has 2 N–H and O–H groups in total. The summed E-state index contributed by atoms with van der Waals surface area (Å²) in [6.07, 6.45) is 0. The average Bonchev–Trinajstić information content (AvgIpc) is 2.10. The number of hydrogen-bond acceptors (Lipinski definition) is 4. The van der Waals surface area contributed by atoms with E-state index in [1.807, 2.05) is 0 Å². The van der Waals surface area contributed by atoms with E-state index in [2.05, 4.69) is 12.2 Å². The van der Waals surface area contributed by atoms with Crippen molar-refractivity contribution in [2.45, 2.75) is 6.92 Å². The van der Waals surface area contributed by atoms with Crippen LogP contribution in [0.1, 0.15) is 6.92 Å². The van der Waals surface area contributed by atoms with E-state index in [1.54, 1.807) is 21.0 Å². The van der Waals surface area contributed by atoms with Crippen LogP contribution >= 0.6 is 12.2 Å². The van der Waals surface area contributed by atoms with E-state index < -0.39 is 15.8 Å². The largest absolute Gasteiger partial charge is 0.392 e. The molecule has 0 atom stereocenters. The molecular weight excluding hydrogens is 250 g/mol. The van der Waals surface area contributed by atoms with Gasteiger partial charge in [0, 0.05) is 20.6 Å². The quantitative estimate of drug-likeness (QED) is 0.625. The van der Waals surface area contributed by atoms with Crippen LogP contribution in [0, 0.1) is 0 Å². The Morgan fingerprint density at radius 3 is 2.19 bits per heavy atom. The van der Waals surface area contributed by atoms with Crippen LogP contribution in [0.4, 0.5) is 0 Å². The van der Waals surface area contributed by atoms with E-state index in [9.17, 15) is 13.2 Å². The first-order valence-electron chi connectivity index (χ1n) is 4.67. The lowest BCUT2D eigenvalue weighted by molar-refractivity contribution is -0.128. The van der Waals surface area contributed by atoms with Crippen LogP contribution in [0.25, 0.3) is 0 Å². The molecule has 0 aliphatic carbocycles. The summed E-state index contributed by atoms with van der Waals surface area (Å²) in [4.78, 5) is 12.6. The van der Waals surface area contributed by atoms with Gasteiger partial charge in [-0.05, 0) is 0 Å². The van der Waals surface area contributed by atoms with Gasteiger partial charge >= 0.3 is 0 Å². The maximum Gasteiger partial charge on any atom is 0.237 e. The van der Waals surface area contributed by atoms with Crippen molar-refractivity contribution in [2.24, 2.45) is 5.73 Å². The highest BCUT2D eigenvalue weighted by atomic mass is 32.2. The molecule has 16 heavy (non-hydrogen) atoms. The molecule has 0 saturated carbocycles. The van der Waals surface area contributed by atoms with Gasteiger partial charge in [0.1, 0.15) is 5.75 Å². The number of nitrogens with zero attached hydrogens (tertiary/aromatic N) is 2. The van der Waals surface area contributed by atoms with Gasteiger partial charge in [0.25, 0.3) is 0 Å². The zero-order valence-corrected chi connectivity index (χ0v) is 11.3. The van der Waals surface area contributed by atoms with E-state index in [1.165, 1.54) is 4.90 Å². The second kappa shape index (κ2) is 6.12. The van der Waals surface area contributed by atoms with Gasteiger partial charge in [-0.1, -0.05) is 19.1 Å². The molecule has 0 heterocycles. The first kappa shape index (κ1) is 15.3. The molecule has 0 aromatic heterocycles. The summed E-state index contributed by atoms with van der Waals surface area (Å²) in [5.74, 6) is -0.690. The van der Waals surface area contributed by atoms with Crippen molar-refractivity contribution in [1.82, 2.24) is 9.21 Å². The molecule has 0 radical (unpaired) electrons. The van der Waals surface area contributed by atoms with Crippen molar-refractivity contribution in [3.8, 4) is 0 Å².